The van der Waals surface area contributed by atoms with Gasteiger partial charge in [-0.1, -0.05) is 27.9 Å². The van der Waals surface area contributed by atoms with Crippen molar-refractivity contribution in [2.75, 3.05) is 0 Å². The summed E-state index contributed by atoms with van der Waals surface area (Å²) in [5.74, 6) is 0.406. The maximum absolute atomic E-state index is 4.40. The quantitative estimate of drug-likeness (QED) is 0.437. The molecule has 0 atom stereocenters. The van der Waals surface area contributed by atoms with E-state index in [0.717, 1.165) is 22.1 Å². The van der Waals surface area contributed by atoms with Crippen LogP contribution in [0.3, 0.4) is 0 Å². The Morgan fingerprint density at radius 3 is 3.00 bits per heavy atom. The van der Waals surface area contributed by atoms with E-state index in [1.807, 2.05) is 35.9 Å². The fourth-order valence-electron chi connectivity index (χ4n) is 2.09. The molecule has 7 heteroatoms. The summed E-state index contributed by atoms with van der Waals surface area (Å²) < 4.78 is 3.33. The number of rotatable bonds is 0. The van der Waals surface area contributed by atoms with Crippen molar-refractivity contribution in [1.82, 2.24) is 34.8 Å². The summed E-state index contributed by atoms with van der Waals surface area (Å²) >= 11 is 0. The summed E-state index contributed by atoms with van der Waals surface area (Å²) in [7, 11) is 1.96. The van der Waals surface area contributed by atoms with Crippen molar-refractivity contribution < 1.29 is 0 Å². The van der Waals surface area contributed by atoms with Gasteiger partial charge in [0.25, 0.3) is 5.78 Å². The first-order chi connectivity index (χ1) is 8.34. The van der Waals surface area contributed by atoms with Gasteiger partial charge < -0.3 is 4.57 Å². The number of hydrogen-bond donors (Lipinski definition) is 0. The van der Waals surface area contributed by atoms with Gasteiger partial charge in [0.1, 0.15) is 5.52 Å². The molecule has 0 saturated carbocycles. The van der Waals surface area contributed by atoms with Crippen LogP contribution < -0.4 is 0 Å². The highest BCUT2D eigenvalue weighted by atomic mass is 15.6. The van der Waals surface area contributed by atoms with Crippen LogP contribution in [0.15, 0.2) is 24.3 Å². The molecule has 0 N–H and O–H groups in total. The monoisotopic (exact) mass is 225 g/mol. The zero-order valence-electron chi connectivity index (χ0n) is 8.94. The van der Waals surface area contributed by atoms with Gasteiger partial charge in [-0.25, -0.2) is 0 Å². The molecule has 0 saturated heterocycles. The number of para-hydroxylation sites is 1. The Balaban J connectivity index is 2.36. The average molecular weight is 225 g/mol. The minimum Gasteiger partial charge on any atom is -0.327 e. The number of fused-ring (bicyclic) bond motifs is 4. The summed E-state index contributed by atoms with van der Waals surface area (Å²) in [4.78, 5) is 4.40. The maximum atomic E-state index is 4.40. The molecule has 82 valence electrons. The summed E-state index contributed by atoms with van der Waals surface area (Å²) in [6.45, 7) is 0. The van der Waals surface area contributed by atoms with Crippen molar-refractivity contribution >= 4 is 27.8 Å². The molecule has 3 heterocycles. The van der Waals surface area contributed by atoms with E-state index in [1.165, 1.54) is 4.63 Å². The molecule has 4 rings (SSSR count). The van der Waals surface area contributed by atoms with Crippen molar-refractivity contribution in [1.29, 1.82) is 0 Å². The topological polar surface area (TPSA) is 73.8 Å². The number of benzene rings is 1. The van der Waals surface area contributed by atoms with E-state index < -0.39 is 0 Å². The number of nitrogens with zero attached hydrogens (tertiary/aromatic N) is 7. The molecular formula is C10H7N7. The van der Waals surface area contributed by atoms with Gasteiger partial charge in [-0.15, -0.1) is 5.10 Å². The smallest absolute Gasteiger partial charge is 0.293 e. The van der Waals surface area contributed by atoms with E-state index in [4.69, 9.17) is 0 Å². The van der Waals surface area contributed by atoms with Gasteiger partial charge in [-0.3, -0.25) is 0 Å². The van der Waals surface area contributed by atoms with Crippen LogP contribution >= 0.6 is 0 Å². The molecular weight excluding hydrogens is 218 g/mol. The molecule has 0 amide bonds. The van der Waals surface area contributed by atoms with E-state index in [2.05, 4.69) is 25.6 Å². The van der Waals surface area contributed by atoms with Crippen LogP contribution in [0.4, 0.5) is 0 Å². The zero-order chi connectivity index (χ0) is 11.4. The highest BCUT2D eigenvalue weighted by Crippen LogP contribution is 2.24. The van der Waals surface area contributed by atoms with Gasteiger partial charge >= 0.3 is 0 Å². The number of tetrazole rings is 1. The lowest BCUT2D eigenvalue weighted by Gasteiger charge is -1.94. The van der Waals surface area contributed by atoms with E-state index >= 15 is 0 Å². The molecule has 1 aromatic carbocycles. The van der Waals surface area contributed by atoms with Gasteiger partial charge in [-0.2, -0.15) is 4.98 Å². The Kier molecular flexibility index (Phi) is 1.39. The summed E-state index contributed by atoms with van der Waals surface area (Å²) in [5, 5.41) is 16.5. The highest BCUT2D eigenvalue weighted by Gasteiger charge is 2.12. The van der Waals surface area contributed by atoms with Crippen molar-refractivity contribution in [2.45, 2.75) is 0 Å². The maximum Gasteiger partial charge on any atom is 0.293 e. The summed E-state index contributed by atoms with van der Waals surface area (Å²) in [6, 6.07) is 8.02. The SMILES string of the molecule is Cn1c2ccccc2c2nn3nnnc3nc21. The third kappa shape index (κ3) is 0.975. The number of aryl methyl sites for hydroxylation is 1. The molecule has 0 spiro atoms. The van der Waals surface area contributed by atoms with Crippen LogP contribution in [0.5, 0.6) is 0 Å². The predicted octanol–water partition coefficient (Wildman–Crippen LogP) is 0.559. The molecule has 0 unspecified atom stereocenters. The molecule has 0 aliphatic rings. The standard InChI is InChI=1S/C10H7N7/c1-16-7-5-3-2-4-6(7)8-9(16)11-10-12-14-15-17(10)13-8/h2-5H,1H3. The van der Waals surface area contributed by atoms with E-state index in [-0.39, 0.29) is 0 Å². The minimum absolute atomic E-state index is 0.406. The first kappa shape index (κ1) is 8.57. The summed E-state index contributed by atoms with van der Waals surface area (Å²) in [5.41, 5.74) is 2.68. The molecule has 0 bridgehead atoms. The minimum atomic E-state index is 0.406. The normalized spacial score (nSPS) is 11.8. The average Bonchev–Trinajstić information content (AvgIpc) is 2.92. The molecule has 7 nitrogen and oxygen atoms in total. The lowest BCUT2D eigenvalue weighted by Crippen LogP contribution is -1.98. The lowest BCUT2D eigenvalue weighted by molar-refractivity contribution is 0.739. The molecule has 0 fully saturated rings. The van der Waals surface area contributed by atoms with Crippen molar-refractivity contribution in [3.8, 4) is 0 Å². The third-order valence-corrected chi connectivity index (χ3v) is 2.89. The van der Waals surface area contributed by atoms with Crippen molar-refractivity contribution in [3.63, 3.8) is 0 Å². The van der Waals surface area contributed by atoms with Gasteiger partial charge in [-0.05, 0) is 16.5 Å². The van der Waals surface area contributed by atoms with Crippen LogP contribution in [0.1, 0.15) is 0 Å². The largest absolute Gasteiger partial charge is 0.327 e. The van der Waals surface area contributed by atoms with Crippen LogP contribution in [-0.2, 0) is 7.05 Å². The van der Waals surface area contributed by atoms with Crippen LogP contribution in [0.25, 0.3) is 27.8 Å². The Morgan fingerprint density at radius 2 is 2.06 bits per heavy atom. The van der Waals surface area contributed by atoms with Gasteiger partial charge in [0.2, 0.25) is 0 Å². The second-order valence-corrected chi connectivity index (χ2v) is 3.83. The van der Waals surface area contributed by atoms with Gasteiger partial charge in [0.05, 0.1) is 5.52 Å². The number of aromatic nitrogens is 7. The zero-order valence-corrected chi connectivity index (χ0v) is 8.94. The number of hydrogen-bond acceptors (Lipinski definition) is 5. The molecule has 0 aliphatic carbocycles. The molecule has 4 aromatic rings. The van der Waals surface area contributed by atoms with E-state index in [1.54, 1.807) is 0 Å². The molecule has 3 aromatic heterocycles. The first-order valence-electron chi connectivity index (χ1n) is 5.14. The third-order valence-electron chi connectivity index (χ3n) is 2.89. The van der Waals surface area contributed by atoms with Crippen molar-refractivity contribution in [2.24, 2.45) is 7.05 Å². The Hall–Kier alpha value is -2.57. The Morgan fingerprint density at radius 1 is 1.18 bits per heavy atom. The van der Waals surface area contributed by atoms with Crippen LogP contribution in [-0.4, -0.2) is 34.8 Å². The summed E-state index contributed by atoms with van der Waals surface area (Å²) in [6.07, 6.45) is 0. The van der Waals surface area contributed by atoms with E-state index in [9.17, 15) is 0 Å². The van der Waals surface area contributed by atoms with Crippen molar-refractivity contribution in [3.05, 3.63) is 24.3 Å². The Labute approximate surface area is 94.7 Å². The molecule has 0 aliphatic heterocycles. The van der Waals surface area contributed by atoms with Crippen LogP contribution in [0, 0.1) is 0 Å². The van der Waals surface area contributed by atoms with Gasteiger partial charge in [0, 0.05) is 12.4 Å². The predicted molar refractivity (Wildman–Crippen MR) is 60.4 cm³/mol. The second kappa shape index (κ2) is 2.76. The highest BCUT2D eigenvalue weighted by molar-refractivity contribution is 6.04. The molecule has 0 radical (unpaired) electrons. The van der Waals surface area contributed by atoms with Gasteiger partial charge in [0.15, 0.2) is 5.65 Å². The van der Waals surface area contributed by atoms with E-state index in [0.29, 0.717) is 5.78 Å². The molecule has 17 heavy (non-hydrogen) atoms. The lowest BCUT2D eigenvalue weighted by atomic mass is 10.2. The fourth-order valence-corrected chi connectivity index (χ4v) is 2.09. The fraction of sp³-hybridized carbons (Fsp3) is 0.100. The first-order valence-corrected chi connectivity index (χ1v) is 5.14. The van der Waals surface area contributed by atoms with Crippen LogP contribution in [0.2, 0.25) is 0 Å². The second-order valence-electron chi connectivity index (χ2n) is 3.83. The Bertz CT molecular complexity index is 857.